The molecule has 0 saturated heterocycles. The van der Waals surface area contributed by atoms with Gasteiger partial charge in [-0.25, -0.2) is 9.48 Å². The zero-order valence-electron chi connectivity index (χ0n) is 14.4. The number of hydrogen-bond acceptors (Lipinski definition) is 7. The summed E-state index contributed by atoms with van der Waals surface area (Å²) in [6, 6.07) is 1.36. The number of Topliss-reactive ketones (excluding diaryl/α,β-unsaturated/α-hetero) is 1. The van der Waals surface area contributed by atoms with Crippen LogP contribution in [-0.4, -0.2) is 45.1 Å². The van der Waals surface area contributed by atoms with Crippen LogP contribution in [0.25, 0.3) is 0 Å². The number of aliphatic carboxylic acids is 1. The van der Waals surface area contributed by atoms with E-state index < -0.39 is 24.4 Å². The van der Waals surface area contributed by atoms with Gasteiger partial charge in [-0.15, -0.1) is 11.3 Å². The molecule has 1 amide bonds. The molecule has 9 nitrogen and oxygen atoms in total. The summed E-state index contributed by atoms with van der Waals surface area (Å²) in [4.78, 5) is 47.7. The van der Waals surface area contributed by atoms with Crippen molar-refractivity contribution in [2.24, 2.45) is 0 Å². The number of carbonyl (C=O) groups excluding carboxylic acids is 3. The van der Waals surface area contributed by atoms with Gasteiger partial charge in [-0.1, -0.05) is 0 Å². The van der Waals surface area contributed by atoms with E-state index in [-0.39, 0.29) is 28.6 Å². The highest BCUT2D eigenvalue weighted by molar-refractivity contribution is 7.18. The summed E-state index contributed by atoms with van der Waals surface area (Å²) in [6.45, 7) is 4.27. The molecule has 0 fully saturated rings. The van der Waals surface area contributed by atoms with Crippen molar-refractivity contribution >= 4 is 40.0 Å². The maximum Gasteiger partial charge on any atom is 0.341 e. The second-order valence-corrected chi connectivity index (χ2v) is 6.28. The van der Waals surface area contributed by atoms with Gasteiger partial charge in [-0.3, -0.25) is 14.4 Å². The normalized spacial score (nSPS) is 10.4. The number of hydrogen-bond donors (Lipinski definition) is 2. The molecule has 0 spiro atoms. The molecule has 2 rings (SSSR count). The molecular weight excluding hydrogens is 362 g/mol. The predicted octanol–water partition coefficient (Wildman–Crippen LogP) is 1.97. The maximum atomic E-state index is 12.5. The van der Waals surface area contributed by atoms with Crippen LogP contribution in [0.5, 0.6) is 0 Å². The molecule has 0 bridgehead atoms. The summed E-state index contributed by atoms with van der Waals surface area (Å²) in [5.74, 6) is -2.69. The van der Waals surface area contributed by atoms with Gasteiger partial charge in [0.2, 0.25) is 0 Å². The monoisotopic (exact) mass is 379 g/mol. The van der Waals surface area contributed by atoms with Crippen molar-refractivity contribution in [3.63, 3.8) is 0 Å². The molecule has 0 aliphatic heterocycles. The zero-order valence-corrected chi connectivity index (χ0v) is 15.2. The number of nitrogens with one attached hydrogen (secondary N) is 1. The molecule has 2 aromatic rings. The summed E-state index contributed by atoms with van der Waals surface area (Å²) < 4.78 is 6.02. The highest BCUT2D eigenvalue weighted by Gasteiger charge is 2.26. The van der Waals surface area contributed by atoms with E-state index in [1.165, 1.54) is 19.2 Å². The van der Waals surface area contributed by atoms with Gasteiger partial charge in [0.25, 0.3) is 5.91 Å². The summed E-state index contributed by atoms with van der Waals surface area (Å²) in [6.07, 6.45) is 1.30. The van der Waals surface area contributed by atoms with Crippen LogP contribution in [0.15, 0.2) is 12.3 Å². The fraction of sp³-hybridized carbons (Fsp3) is 0.312. The van der Waals surface area contributed by atoms with Crippen molar-refractivity contribution in [3.05, 3.63) is 34.0 Å². The minimum absolute atomic E-state index is 0.0117. The quantitative estimate of drug-likeness (QED) is 0.556. The van der Waals surface area contributed by atoms with Crippen LogP contribution < -0.4 is 5.32 Å². The van der Waals surface area contributed by atoms with E-state index in [9.17, 15) is 19.2 Å². The van der Waals surface area contributed by atoms with E-state index in [4.69, 9.17) is 9.84 Å². The van der Waals surface area contributed by atoms with E-state index in [0.717, 1.165) is 16.0 Å². The molecule has 0 aliphatic rings. The molecule has 0 aliphatic carbocycles. The van der Waals surface area contributed by atoms with Crippen LogP contribution in [0.3, 0.4) is 0 Å². The summed E-state index contributed by atoms with van der Waals surface area (Å²) in [5.41, 5.74) is 0.549. The number of carboxylic acid groups (broad SMARTS) is 1. The number of anilines is 1. The van der Waals surface area contributed by atoms with Crippen LogP contribution >= 0.6 is 11.3 Å². The molecule has 0 atom stereocenters. The summed E-state index contributed by atoms with van der Waals surface area (Å²) in [5, 5.41) is 15.4. The number of ketones is 1. The van der Waals surface area contributed by atoms with Crippen LogP contribution in [0.2, 0.25) is 0 Å². The van der Waals surface area contributed by atoms with Crippen molar-refractivity contribution in [2.45, 2.75) is 27.3 Å². The van der Waals surface area contributed by atoms with Crippen molar-refractivity contribution < 1.29 is 29.0 Å². The van der Waals surface area contributed by atoms with Crippen molar-refractivity contribution in [1.82, 2.24) is 9.78 Å². The first-order valence-electron chi connectivity index (χ1n) is 7.62. The summed E-state index contributed by atoms with van der Waals surface area (Å²) in [7, 11) is 0. The Kier molecular flexibility index (Phi) is 5.88. The Labute approximate surface area is 152 Å². The van der Waals surface area contributed by atoms with Gasteiger partial charge in [-0.05, 0) is 32.4 Å². The molecule has 2 aromatic heterocycles. The van der Waals surface area contributed by atoms with Gasteiger partial charge in [0.15, 0.2) is 5.78 Å². The second kappa shape index (κ2) is 7.91. The number of carboxylic acids is 1. The van der Waals surface area contributed by atoms with Gasteiger partial charge in [-0.2, -0.15) is 5.10 Å². The lowest BCUT2D eigenvalue weighted by atomic mass is 10.1. The highest BCUT2D eigenvalue weighted by Crippen LogP contribution is 2.34. The molecule has 10 heteroatoms. The van der Waals surface area contributed by atoms with Gasteiger partial charge in [0.1, 0.15) is 17.2 Å². The number of nitrogens with zero attached hydrogens (tertiary/aromatic N) is 2. The third kappa shape index (κ3) is 3.97. The number of thiophene rings is 1. The minimum Gasteiger partial charge on any atom is -0.480 e. The fourth-order valence-corrected chi connectivity index (χ4v) is 3.42. The highest BCUT2D eigenvalue weighted by atomic mass is 32.1. The second-order valence-electron chi connectivity index (χ2n) is 5.26. The Hall–Kier alpha value is -3.01. The standard InChI is InChI=1S/C16H17N3O6S/c1-4-25-16(24)12-8(2)13(9(3)20)26-15(12)18-14(23)10-5-6-17-19(10)7-11(21)22/h5-6H,4,7H2,1-3H3,(H,18,23)(H,21,22). The topological polar surface area (TPSA) is 128 Å². The lowest BCUT2D eigenvalue weighted by Gasteiger charge is -2.08. The average Bonchev–Trinajstić information content (AvgIpc) is 3.11. The lowest BCUT2D eigenvalue weighted by molar-refractivity contribution is -0.137. The van der Waals surface area contributed by atoms with Crippen LogP contribution in [0, 0.1) is 6.92 Å². The number of carbonyl (C=O) groups is 4. The maximum absolute atomic E-state index is 12.5. The van der Waals surface area contributed by atoms with Gasteiger partial charge < -0.3 is 15.2 Å². The third-order valence-electron chi connectivity index (χ3n) is 3.41. The largest absolute Gasteiger partial charge is 0.480 e. The minimum atomic E-state index is -1.15. The van der Waals surface area contributed by atoms with Crippen molar-refractivity contribution in [1.29, 1.82) is 0 Å². The first-order chi connectivity index (χ1) is 12.3. The number of amides is 1. The average molecular weight is 379 g/mol. The molecule has 26 heavy (non-hydrogen) atoms. The van der Waals surface area contributed by atoms with Crippen LogP contribution in [0.1, 0.15) is 49.9 Å². The molecular formula is C16H17N3O6S. The molecule has 0 saturated carbocycles. The van der Waals surface area contributed by atoms with Gasteiger partial charge in [0, 0.05) is 6.20 Å². The Morgan fingerprint density at radius 1 is 1.35 bits per heavy atom. The summed E-state index contributed by atoms with van der Waals surface area (Å²) >= 11 is 0.965. The Morgan fingerprint density at radius 2 is 2.04 bits per heavy atom. The number of rotatable bonds is 7. The molecule has 138 valence electrons. The Balaban J connectivity index is 2.39. The molecule has 0 radical (unpaired) electrons. The molecule has 2 N–H and O–H groups in total. The predicted molar refractivity (Wildman–Crippen MR) is 92.8 cm³/mol. The van der Waals surface area contributed by atoms with E-state index >= 15 is 0 Å². The van der Waals surface area contributed by atoms with E-state index in [0.29, 0.717) is 10.4 Å². The van der Waals surface area contributed by atoms with Crippen LogP contribution in [-0.2, 0) is 16.1 Å². The van der Waals surface area contributed by atoms with E-state index in [1.54, 1.807) is 13.8 Å². The van der Waals surface area contributed by atoms with Crippen molar-refractivity contribution in [3.8, 4) is 0 Å². The molecule has 2 heterocycles. The Morgan fingerprint density at radius 3 is 2.62 bits per heavy atom. The van der Waals surface area contributed by atoms with E-state index in [2.05, 4.69) is 10.4 Å². The fourth-order valence-electron chi connectivity index (χ4n) is 2.33. The number of aromatic nitrogens is 2. The van der Waals surface area contributed by atoms with Crippen molar-refractivity contribution in [2.75, 3.05) is 11.9 Å². The third-order valence-corrected chi connectivity index (χ3v) is 4.72. The van der Waals surface area contributed by atoms with Gasteiger partial charge in [0.05, 0.1) is 17.0 Å². The first kappa shape index (κ1) is 19.3. The first-order valence-corrected chi connectivity index (χ1v) is 8.44. The van der Waals surface area contributed by atoms with E-state index in [1.807, 2.05) is 0 Å². The lowest BCUT2D eigenvalue weighted by Crippen LogP contribution is -2.21. The number of ether oxygens (including phenoxy) is 1. The molecule has 0 unspecified atom stereocenters. The van der Waals surface area contributed by atoms with Crippen LogP contribution in [0.4, 0.5) is 5.00 Å². The molecule has 0 aromatic carbocycles. The van der Waals surface area contributed by atoms with Gasteiger partial charge >= 0.3 is 11.9 Å². The SMILES string of the molecule is CCOC(=O)c1c(NC(=O)c2ccnn2CC(=O)O)sc(C(C)=O)c1C. The number of esters is 1. The zero-order chi connectivity index (χ0) is 19.4. The smallest absolute Gasteiger partial charge is 0.341 e. The Bertz CT molecular complexity index is 883.